The number of rotatable bonds is 7. The fraction of sp³-hybridized carbons (Fsp3) is 0.350. The van der Waals surface area contributed by atoms with Gasteiger partial charge < -0.3 is 9.57 Å². The van der Waals surface area contributed by atoms with Gasteiger partial charge >= 0.3 is 0 Å². The lowest BCUT2D eigenvalue weighted by molar-refractivity contribution is 0.144. The van der Waals surface area contributed by atoms with E-state index in [-0.39, 0.29) is 0 Å². The first kappa shape index (κ1) is 18.3. The second-order valence-corrected chi connectivity index (χ2v) is 7.10. The van der Waals surface area contributed by atoms with Gasteiger partial charge in [0.15, 0.2) is 0 Å². The minimum absolute atomic E-state index is 0.614. The van der Waals surface area contributed by atoms with Crippen LogP contribution < -0.4 is 0 Å². The number of oxime groups is 1. The Morgan fingerprint density at radius 1 is 1.35 bits per heavy atom. The standard InChI is InChI=1S/C20H23N3O2S/c1-4-11-24-23-17-8-5-9-18(14(17)2)25-15(3)19-13-22-20(26-19)16-7-6-10-21-12-16/h6-7,10,12-13H,3-5,8-9,11H2,1-2H3/b23-17+. The highest BCUT2D eigenvalue weighted by molar-refractivity contribution is 7.16. The molecule has 0 N–H and O–H groups in total. The van der Waals surface area contributed by atoms with Crippen molar-refractivity contribution in [3.63, 3.8) is 0 Å². The van der Waals surface area contributed by atoms with E-state index < -0.39 is 0 Å². The smallest absolute Gasteiger partial charge is 0.138 e. The third-order valence-electron chi connectivity index (χ3n) is 4.07. The Labute approximate surface area is 158 Å². The fourth-order valence-electron chi connectivity index (χ4n) is 2.63. The molecule has 2 aromatic rings. The highest BCUT2D eigenvalue weighted by atomic mass is 32.1. The zero-order chi connectivity index (χ0) is 18.4. The van der Waals surface area contributed by atoms with Gasteiger partial charge in [0.2, 0.25) is 0 Å². The van der Waals surface area contributed by atoms with Crippen LogP contribution in [0.15, 0.2) is 53.8 Å². The average molecular weight is 369 g/mol. The Morgan fingerprint density at radius 3 is 3.00 bits per heavy atom. The summed E-state index contributed by atoms with van der Waals surface area (Å²) >= 11 is 1.55. The number of allylic oxidation sites excluding steroid dienone is 2. The first-order chi connectivity index (χ1) is 12.7. The minimum Gasteiger partial charge on any atom is -0.460 e. The van der Waals surface area contributed by atoms with Gasteiger partial charge in [-0.3, -0.25) is 4.98 Å². The zero-order valence-electron chi connectivity index (χ0n) is 15.2. The molecule has 0 atom stereocenters. The topological polar surface area (TPSA) is 56.6 Å². The van der Waals surface area contributed by atoms with E-state index in [4.69, 9.17) is 9.57 Å². The Kier molecular flexibility index (Phi) is 6.17. The van der Waals surface area contributed by atoms with Crippen LogP contribution in [0.4, 0.5) is 0 Å². The third-order valence-corrected chi connectivity index (χ3v) is 5.16. The molecule has 0 spiro atoms. The number of hydrogen-bond donors (Lipinski definition) is 0. The van der Waals surface area contributed by atoms with Crippen LogP contribution >= 0.6 is 11.3 Å². The average Bonchev–Trinajstić information content (AvgIpc) is 3.16. The molecule has 0 saturated carbocycles. The van der Waals surface area contributed by atoms with Crippen LogP contribution in [-0.2, 0) is 9.57 Å². The first-order valence-corrected chi connectivity index (χ1v) is 9.63. The minimum atomic E-state index is 0.614. The van der Waals surface area contributed by atoms with Gasteiger partial charge in [-0.15, -0.1) is 11.3 Å². The molecule has 3 rings (SSSR count). The Balaban J connectivity index is 1.72. The van der Waals surface area contributed by atoms with Gasteiger partial charge in [0.05, 0.1) is 10.6 Å². The molecule has 0 fully saturated rings. The second-order valence-electron chi connectivity index (χ2n) is 6.07. The molecular formula is C20H23N3O2S. The molecule has 2 heterocycles. The van der Waals surface area contributed by atoms with Crippen molar-refractivity contribution in [3.05, 3.63) is 53.5 Å². The van der Waals surface area contributed by atoms with E-state index in [9.17, 15) is 0 Å². The van der Waals surface area contributed by atoms with E-state index >= 15 is 0 Å². The number of aromatic nitrogens is 2. The maximum atomic E-state index is 6.08. The molecule has 6 heteroatoms. The Hall–Kier alpha value is -2.47. The van der Waals surface area contributed by atoms with Crippen molar-refractivity contribution in [2.75, 3.05) is 6.61 Å². The normalized spacial score (nSPS) is 16.0. The van der Waals surface area contributed by atoms with Gasteiger partial charge in [0.25, 0.3) is 0 Å². The number of hydrogen-bond acceptors (Lipinski definition) is 6. The molecule has 2 aromatic heterocycles. The molecule has 0 bridgehead atoms. The summed E-state index contributed by atoms with van der Waals surface area (Å²) in [7, 11) is 0. The fourth-order valence-corrected chi connectivity index (χ4v) is 3.45. The van der Waals surface area contributed by atoms with Gasteiger partial charge in [-0.05, 0) is 38.3 Å². The molecule has 0 saturated heterocycles. The van der Waals surface area contributed by atoms with Crippen molar-refractivity contribution in [2.24, 2.45) is 5.16 Å². The van der Waals surface area contributed by atoms with Gasteiger partial charge in [0, 0.05) is 36.1 Å². The molecule has 5 nitrogen and oxygen atoms in total. The van der Waals surface area contributed by atoms with Gasteiger partial charge in [0.1, 0.15) is 23.1 Å². The van der Waals surface area contributed by atoms with Crippen molar-refractivity contribution in [1.82, 2.24) is 9.97 Å². The van der Waals surface area contributed by atoms with E-state index in [2.05, 4.69) is 28.6 Å². The van der Waals surface area contributed by atoms with Crippen LogP contribution in [0.5, 0.6) is 0 Å². The summed E-state index contributed by atoms with van der Waals surface area (Å²) in [5.74, 6) is 1.53. The van der Waals surface area contributed by atoms with Gasteiger partial charge in [-0.25, -0.2) is 4.98 Å². The SMILES string of the molecule is C=C(OC1=C(C)/C(=N/OCCC)CCC1)c1cnc(-c2cccnc2)s1. The molecule has 26 heavy (non-hydrogen) atoms. The molecule has 0 unspecified atom stereocenters. The molecule has 1 aliphatic carbocycles. The van der Waals surface area contributed by atoms with Crippen molar-refractivity contribution in [1.29, 1.82) is 0 Å². The highest BCUT2D eigenvalue weighted by Gasteiger charge is 2.19. The largest absolute Gasteiger partial charge is 0.460 e. The van der Waals surface area contributed by atoms with Crippen LogP contribution in [0, 0.1) is 0 Å². The number of pyridine rings is 1. The van der Waals surface area contributed by atoms with E-state index in [0.29, 0.717) is 12.4 Å². The van der Waals surface area contributed by atoms with Crippen LogP contribution in [0.1, 0.15) is 44.4 Å². The molecule has 0 aromatic carbocycles. The summed E-state index contributed by atoms with van der Waals surface area (Å²) in [6.45, 7) is 8.82. The number of nitrogens with zero attached hydrogens (tertiary/aromatic N) is 3. The lowest BCUT2D eigenvalue weighted by atomic mass is 9.97. The van der Waals surface area contributed by atoms with Crippen LogP contribution in [0.2, 0.25) is 0 Å². The predicted molar refractivity (Wildman–Crippen MR) is 106 cm³/mol. The lowest BCUT2D eigenvalue weighted by Crippen LogP contribution is -2.12. The number of thiazole rings is 1. The molecule has 136 valence electrons. The molecule has 0 aliphatic heterocycles. The van der Waals surface area contributed by atoms with Crippen molar-refractivity contribution in [2.45, 2.75) is 39.5 Å². The van der Waals surface area contributed by atoms with Crippen molar-refractivity contribution >= 4 is 22.8 Å². The van der Waals surface area contributed by atoms with E-state index in [1.165, 1.54) is 0 Å². The number of ether oxygens (including phenoxy) is 1. The Bertz CT molecular complexity index is 825. The molecular weight excluding hydrogens is 346 g/mol. The summed E-state index contributed by atoms with van der Waals surface area (Å²) in [6, 6.07) is 3.89. The van der Waals surface area contributed by atoms with Crippen LogP contribution in [0.25, 0.3) is 16.3 Å². The second kappa shape index (κ2) is 8.76. The van der Waals surface area contributed by atoms with E-state index in [0.717, 1.165) is 58.2 Å². The maximum Gasteiger partial charge on any atom is 0.138 e. The van der Waals surface area contributed by atoms with E-state index in [1.54, 1.807) is 29.9 Å². The van der Waals surface area contributed by atoms with Crippen molar-refractivity contribution < 1.29 is 9.57 Å². The van der Waals surface area contributed by atoms with E-state index in [1.807, 2.05) is 19.1 Å². The molecule has 0 amide bonds. The lowest BCUT2D eigenvalue weighted by Gasteiger charge is -2.20. The molecule has 1 aliphatic rings. The third kappa shape index (κ3) is 4.38. The summed E-state index contributed by atoms with van der Waals surface area (Å²) < 4.78 is 6.08. The Morgan fingerprint density at radius 2 is 2.23 bits per heavy atom. The summed E-state index contributed by atoms with van der Waals surface area (Å²) in [4.78, 5) is 14.9. The summed E-state index contributed by atoms with van der Waals surface area (Å²) in [5.41, 5.74) is 3.01. The predicted octanol–water partition coefficient (Wildman–Crippen LogP) is 5.43. The summed E-state index contributed by atoms with van der Waals surface area (Å²) in [5, 5.41) is 5.17. The van der Waals surface area contributed by atoms with Crippen molar-refractivity contribution in [3.8, 4) is 10.6 Å². The van der Waals surface area contributed by atoms with Crippen LogP contribution in [-0.4, -0.2) is 22.3 Å². The summed E-state index contributed by atoms with van der Waals surface area (Å²) in [6.07, 6.45) is 9.10. The zero-order valence-corrected chi connectivity index (χ0v) is 16.0. The van der Waals surface area contributed by atoms with Gasteiger partial charge in [-0.2, -0.15) is 0 Å². The monoisotopic (exact) mass is 369 g/mol. The van der Waals surface area contributed by atoms with Gasteiger partial charge in [-0.1, -0.05) is 18.7 Å². The molecule has 0 radical (unpaired) electrons. The maximum absolute atomic E-state index is 6.08. The highest BCUT2D eigenvalue weighted by Crippen LogP contribution is 2.32. The first-order valence-electron chi connectivity index (χ1n) is 8.81. The quantitative estimate of drug-likeness (QED) is 0.371. The van der Waals surface area contributed by atoms with Crippen LogP contribution in [0.3, 0.4) is 0 Å².